The Morgan fingerprint density at radius 1 is 0.511 bits per heavy atom. The molecule has 242 valence electrons. The summed E-state index contributed by atoms with van der Waals surface area (Å²) in [5.74, 6) is 0.898. The van der Waals surface area contributed by atoms with E-state index in [1.807, 2.05) is 0 Å². The standard InChI is InChI=1S/C44H48O3/c1-22(2)30-15-13-24(5)38-32(19-30)26(7)17-35(38)34-21-37(44(46-11)47-12)40-29(10)41(43(45)42(40)28(34)9)36-18-27(8)33-20-31(23(3)4)16-14-25(6)39(33)36/h13-23,44H,1-12H3. The number of benzene rings is 1. The normalized spacial score (nSPS) is 13.4. The second-order valence-electron chi connectivity index (χ2n) is 14.2. The van der Waals surface area contributed by atoms with Crippen LogP contribution in [0.3, 0.4) is 0 Å². The quantitative estimate of drug-likeness (QED) is 0.169. The van der Waals surface area contributed by atoms with Gasteiger partial charge in [-0.25, -0.2) is 0 Å². The third kappa shape index (κ3) is 5.16. The van der Waals surface area contributed by atoms with Gasteiger partial charge in [0.05, 0.1) is 0 Å². The molecule has 5 aliphatic carbocycles. The Morgan fingerprint density at radius 3 is 1.49 bits per heavy atom. The first-order valence-corrected chi connectivity index (χ1v) is 16.9. The number of ether oxygens (including phenoxy) is 2. The molecule has 3 heteroatoms. The number of ketones is 1. The van der Waals surface area contributed by atoms with Crippen LogP contribution in [-0.2, 0) is 9.47 Å². The van der Waals surface area contributed by atoms with Gasteiger partial charge in [0.25, 0.3) is 0 Å². The molecule has 6 rings (SSSR count). The molecular formula is C44H48O3. The summed E-state index contributed by atoms with van der Waals surface area (Å²) in [5, 5.41) is 0. The highest BCUT2D eigenvalue weighted by atomic mass is 16.7. The number of hydrogen-bond donors (Lipinski definition) is 0. The van der Waals surface area contributed by atoms with Crippen LogP contribution in [0.4, 0.5) is 0 Å². The molecule has 0 atom stereocenters. The molecule has 1 aromatic carbocycles. The van der Waals surface area contributed by atoms with E-state index in [4.69, 9.17) is 9.47 Å². The topological polar surface area (TPSA) is 35.5 Å². The largest absolute Gasteiger partial charge is 0.352 e. The van der Waals surface area contributed by atoms with Crippen molar-refractivity contribution in [3.63, 3.8) is 0 Å². The van der Waals surface area contributed by atoms with Crippen LogP contribution < -0.4 is 0 Å². The van der Waals surface area contributed by atoms with Gasteiger partial charge >= 0.3 is 0 Å². The van der Waals surface area contributed by atoms with E-state index in [0.29, 0.717) is 11.8 Å². The Balaban J connectivity index is 1.62. The van der Waals surface area contributed by atoms with Gasteiger partial charge in [-0.2, -0.15) is 0 Å². The van der Waals surface area contributed by atoms with E-state index < -0.39 is 6.29 Å². The summed E-state index contributed by atoms with van der Waals surface area (Å²) >= 11 is 0. The summed E-state index contributed by atoms with van der Waals surface area (Å²) in [6.45, 7) is 21.8. The third-order valence-electron chi connectivity index (χ3n) is 10.5. The minimum atomic E-state index is -0.622. The predicted octanol–water partition coefficient (Wildman–Crippen LogP) is 11.8. The molecule has 0 unspecified atom stereocenters. The van der Waals surface area contributed by atoms with E-state index in [0.717, 1.165) is 55.7 Å². The van der Waals surface area contributed by atoms with Crippen LogP contribution in [0.5, 0.6) is 0 Å². The van der Waals surface area contributed by atoms with Crippen LogP contribution in [0, 0.1) is 34.6 Å². The van der Waals surface area contributed by atoms with Crippen molar-refractivity contribution in [1.29, 1.82) is 0 Å². The number of hydrogen-bond acceptors (Lipinski definition) is 3. The zero-order valence-corrected chi connectivity index (χ0v) is 30.2. The maximum Gasteiger partial charge on any atom is 0.194 e. The molecule has 0 N–H and O–H groups in total. The van der Waals surface area contributed by atoms with Gasteiger partial charge in [-0.05, 0) is 148 Å². The minimum Gasteiger partial charge on any atom is -0.352 e. The van der Waals surface area contributed by atoms with E-state index in [1.54, 1.807) is 14.2 Å². The average molecular weight is 625 g/mol. The molecule has 0 aliphatic heterocycles. The van der Waals surface area contributed by atoms with Crippen molar-refractivity contribution in [3.8, 4) is 33.4 Å². The van der Waals surface area contributed by atoms with Crippen LogP contribution >= 0.6 is 0 Å². The lowest BCUT2D eigenvalue weighted by Crippen LogP contribution is -2.10. The van der Waals surface area contributed by atoms with E-state index in [2.05, 4.69) is 124 Å². The molecule has 0 spiro atoms. The van der Waals surface area contributed by atoms with Gasteiger partial charge < -0.3 is 9.47 Å². The Hall–Kier alpha value is -4.05. The van der Waals surface area contributed by atoms with Crippen molar-refractivity contribution in [3.05, 3.63) is 116 Å². The van der Waals surface area contributed by atoms with Gasteiger partial charge in [0.2, 0.25) is 0 Å². The van der Waals surface area contributed by atoms with Gasteiger partial charge in [-0.3, -0.25) is 4.79 Å². The molecule has 0 saturated heterocycles. The van der Waals surface area contributed by atoms with Crippen LogP contribution in [-0.4, -0.2) is 20.0 Å². The highest BCUT2D eigenvalue weighted by Gasteiger charge is 2.37. The van der Waals surface area contributed by atoms with Gasteiger partial charge in [0.1, 0.15) is 0 Å². The van der Waals surface area contributed by atoms with Gasteiger partial charge in [0.15, 0.2) is 12.1 Å². The highest BCUT2D eigenvalue weighted by Crippen LogP contribution is 2.51. The Labute approximate surface area is 281 Å². The summed E-state index contributed by atoms with van der Waals surface area (Å²) in [5.41, 5.74) is 20.8. The van der Waals surface area contributed by atoms with Crippen LogP contribution in [0.25, 0.3) is 44.5 Å². The van der Waals surface area contributed by atoms with E-state index in [9.17, 15) is 4.79 Å². The summed E-state index contributed by atoms with van der Waals surface area (Å²) in [7, 11) is 3.33. The SMILES string of the molecule is COC(OC)c1cc(-c2cc(C)c3cc(C(C)C)ccc(C)c2-3)c(C)c2c1C(C)=C(c1cc(C)c3cc(C(C)C)ccc(C)c1-3)C2=O. The van der Waals surface area contributed by atoms with Gasteiger partial charge in [0, 0.05) is 30.9 Å². The summed E-state index contributed by atoms with van der Waals surface area (Å²) < 4.78 is 11.8. The summed E-state index contributed by atoms with van der Waals surface area (Å²) in [6, 6.07) is 20.3. The number of rotatable bonds is 7. The molecule has 0 bridgehead atoms. The molecule has 47 heavy (non-hydrogen) atoms. The lowest BCUT2D eigenvalue weighted by atomic mass is 9.87. The first-order valence-electron chi connectivity index (χ1n) is 16.9. The van der Waals surface area contributed by atoms with Crippen molar-refractivity contribution >= 4 is 16.9 Å². The molecule has 0 heterocycles. The summed E-state index contributed by atoms with van der Waals surface area (Å²) in [6.07, 6.45) is -0.622. The second kappa shape index (κ2) is 12.2. The minimum absolute atomic E-state index is 0.0721. The zero-order valence-electron chi connectivity index (χ0n) is 30.2. The Morgan fingerprint density at radius 2 is 1.00 bits per heavy atom. The smallest absolute Gasteiger partial charge is 0.194 e. The molecule has 0 fully saturated rings. The molecule has 3 nitrogen and oxygen atoms in total. The number of aryl methyl sites for hydroxylation is 4. The second-order valence-corrected chi connectivity index (χ2v) is 14.2. The van der Waals surface area contributed by atoms with Crippen LogP contribution in [0.15, 0.2) is 54.6 Å². The first-order chi connectivity index (χ1) is 22.3. The Bertz CT molecular complexity index is 2030. The molecule has 1 aromatic rings. The fraction of sp³-hybridized carbons (Fsp3) is 0.341. The Kier molecular flexibility index (Phi) is 8.53. The number of methoxy groups -OCH3 is 2. The molecule has 0 radical (unpaired) electrons. The maximum absolute atomic E-state index is 14.9. The number of carbonyl (C=O) groups is 1. The fourth-order valence-electron chi connectivity index (χ4n) is 7.86. The van der Waals surface area contributed by atoms with E-state index >= 15 is 0 Å². The van der Waals surface area contributed by atoms with Crippen molar-refractivity contribution < 1.29 is 14.3 Å². The van der Waals surface area contributed by atoms with Crippen LogP contribution in [0.2, 0.25) is 0 Å². The van der Waals surface area contributed by atoms with Crippen molar-refractivity contribution in [1.82, 2.24) is 0 Å². The molecule has 5 aliphatic rings. The zero-order chi connectivity index (χ0) is 34.1. The number of allylic oxidation sites excluding steroid dienone is 2. The number of fused-ring (bicyclic) bond motifs is 3. The monoisotopic (exact) mass is 624 g/mol. The van der Waals surface area contributed by atoms with Crippen LogP contribution in [0.1, 0.15) is 119 Å². The molecule has 0 saturated carbocycles. The van der Waals surface area contributed by atoms with Gasteiger partial charge in [-0.15, -0.1) is 0 Å². The predicted molar refractivity (Wildman–Crippen MR) is 197 cm³/mol. The van der Waals surface area contributed by atoms with Crippen molar-refractivity contribution in [2.45, 2.75) is 87.4 Å². The molecule has 0 amide bonds. The average Bonchev–Trinajstić information content (AvgIpc) is 3.49. The van der Waals surface area contributed by atoms with E-state index in [-0.39, 0.29) is 5.78 Å². The lowest BCUT2D eigenvalue weighted by Gasteiger charge is -2.22. The number of carbonyl (C=O) groups excluding carboxylic acids is 1. The maximum atomic E-state index is 14.9. The first kappa shape index (κ1) is 32.9. The van der Waals surface area contributed by atoms with Gasteiger partial charge in [-0.1, -0.05) is 76.2 Å². The highest BCUT2D eigenvalue weighted by molar-refractivity contribution is 6.41. The lowest BCUT2D eigenvalue weighted by molar-refractivity contribution is -0.106. The summed E-state index contributed by atoms with van der Waals surface area (Å²) in [4.78, 5) is 14.9. The number of Topliss-reactive ketones (excluding diaryl/α,β-unsaturated/α-hetero) is 1. The fourth-order valence-corrected chi connectivity index (χ4v) is 7.86. The van der Waals surface area contributed by atoms with E-state index in [1.165, 1.54) is 50.1 Å². The van der Waals surface area contributed by atoms with Crippen molar-refractivity contribution in [2.24, 2.45) is 0 Å². The third-order valence-corrected chi connectivity index (χ3v) is 10.5. The molecular weight excluding hydrogens is 576 g/mol. The molecule has 0 aromatic heterocycles. The van der Waals surface area contributed by atoms with Crippen molar-refractivity contribution in [2.75, 3.05) is 14.2 Å².